The Morgan fingerprint density at radius 3 is 1.08 bits per heavy atom. The molecule has 0 amide bonds. The summed E-state index contributed by atoms with van der Waals surface area (Å²) in [7, 11) is 0. The maximum absolute atomic E-state index is 3.61. The van der Waals surface area contributed by atoms with Crippen molar-refractivity contribution in [1.82, 2.24) is 0 Å². The number of halogens is 1. The Hall–Kier alpha value is -2.36. The third kappa shape index (κ3) is 6.89. The number of unbranched alkanes of at least 4 members (excludes halogenated alkanes) is 4. The highest BCUT2D eigenvalue weighted by molar-refractivity contribution is 9.11. The molecule has 7 heteroatoms. The largest absolute Gasteiger partial charge is 0.140 e. The predicted molar refractivity (Wildman–Crippen MR) is 248 cm³/mol. The molecule has 10 aromatic rings. The fourth-order valence-electron chi connectivity index (χ4n) is 7.44. The van der Waals surface area contributed by atoms with Crippen LogP contribution in [0.25, 0.3) is 80.7 Å². The van der Waals surface area contributed by atoms with E-state index >= 15 is 0 Å². The quantitative estimate of drug-likeness (QED) is 0.120. The van der Waals surface area contributed by atoms with Crippen molar-refractivity contribution >= 4 is 165 Å². The molecule has 0 aliphatic rings. The van der Waals surface area contributed by atoms with E-state index in [2.05, 4.69) is 109 Å². The highest BCUT2D eigenvalue weighted by Crippen LogP contribution is 2.44. The molecule has 0 saturated heterocycles. The highest BCUT2D eigenvalue weighted by Gasteiger charge is 2.13. The SMILES string of the molecule is CCCCCc1cc2cc3c(cc2s1)sc1cc2sc(CCCC)cc2cc13.CCCCc1cc2cc3c(cc2s1)sc1cc2sc(Br)cc2cc13. The van der Waals surface area contributed by atoms with E-state index < -0.39 is 0 Å². The summed E-state index contributed by atoms with van der Waals surface area (Å²) in [5.41, 5.74) is 0. The molecule has 0 aliphatic heterocycles. The molecule has 0 nitrogen and oxygen atoms in total. The van der Waals surface area contributed by atoms with Crippen LogP contribution in [0.3, 0.4) is 0 Å². The van der Waals surface area contributed by atoms with Gasteiger partial charge in [0.2, 0.25) is 0 Å². The summed E-state index contributed by atoms with van der Waals surface area (Å²) in [6.45, 7) is 6.82. The van der Waals surface area contributed by atoms with Gasteiger partial charge in [0.05, 0.1) is 3.79 Å². The van der Waals surface area contributed by atoms with Gasteiger partial charge in [-0.25, -0.2) is 0 Å². The molecule has 10 rings (SSSR count). The Bertz CT molecular complexity index is 2870. The van der Waals surface area contributed by atoms with Crippen molar-refractivity contribution in [2.45, 2.75) is 85.0 Å². The van der Waals surface area contributed by atoms with Gasteiger partial charge < -0.3 is 0 Å². The van der Waals surface area contributed by atoms with E-state index in [4.69, 9.17) is 0 Å². The highest BCUT2D eigenvalue weighted by atomic mass is 79.9. The van der Waals surface area contributed by atoms with Gasteiger partial charge in [-0.2, -0.15) is 0 Å². The maximum atomic E-state index is 3.61. The number of thiophene rings is 6. The molecular weight excluding hydrogens is 813 g/mol. The molecule has 0 saturated carbocycles. The van der Waals surface area contributed by atoms with E-state index in [1.807, 2.05) is 68.0 Å². The van der Waals surface area contributed by atoms with Crippen molar-refractivity contribution in [2.24, 2.45) is 0 Å². The van der Waals surface area contributed by atoms with Crippen LogP contribution in [0.2, 0.25) is 0 Å². The van der Waals surface area contributed by atoms with Crippen LogP contribution in [-0.4, -0.2) is 0 Å². The van der Waals surface area contributed by atoms with Crippen LogP contribution in [0.1, 0.15) is 80.3 Å². The molecular formula is C45H41BrS6. The molecule has 0 aliphatic carbocycles. The summed E-state index contributed by atoms with van der Waals surface area (Å²) in [4.78, 5) is 4.61. The van der Waals surface area contributed by atoms with Crippen molar-refractivity contribution in [1.29, 1.82) is 0 Å². The van der Waals surface area contributed by atoms with Gasteiger partial charge in [-0.15, -0.1) is 68.0 Å². The van der Waals surface area contributed by atoms with Crippen LogP contribution in [0.5, 0.6) is 0 Å². The van der Waals surface area contributed by atoms with E-state index in [-0.39, 0.29) is 0 Å². The number of aryl methyl sites for hydroxylation is 3. The average Bonchev–Trinajstić information content (AvgIpc) is 3.98. The Balaban J connectivity index is 0.000000140. The summed E-state index contributed by atoms with van der Waals surface area (Å²) in [5, 5.41) is 11.3. The van der Waals surface area contributed by atoms with Gasteiger partial charge in [0.25, 0.3) is 0 Å². The van der Waals surface area contributed by atoms with E-state index in [9.17, 15) is 0 Å². The number of rotatable bonds is 10. The van der Waals surface area contributed by atoms with E-state index in [1.165, 1.54) is 158 Å². The zero-order valence-electron chi connectivity index (χ0n) is 29.8. The average molecular weight is 854 g/mol. The summed E-state index contributed by atoms with van der Waals surface area (Å²) in [6, 6.07) is 28.8. The van der Waals surface area contributed by atoms with Crippen molar-refractivity contribution in [3.63, 3.8) is 0 Å². The van der Waals surface area contributed by atoms with Gasteiger partial charge in [-0.3, -0.25) is 0 Å². The number of benzene rings is 4. The lowest BCUT2D eigenvalue weighted by atomic mass is 10.1. The second kappa shape index (κ2) is 15.1. The lowest BCUT2D eigenvalue weighted by Gasteiger charge is -1.94. The first-order chi connectivity index (χ1) is 25.5. The molecule has 0 N–H and O–H groups in total. The molecule has 0 bridgehead atoms. The normalized spacial score (nSPS) is 12.2. The van der Waals surface area contributed by atoms with Crippen LogP contribution >= 0.6 is 84.0 Å². The first-order valence-electron chi connectivity index (χ1n) is 18.7. The van der Waals surface area contributed by atoms with Crippen LogP contribution in [0.4, 0.5) is 0 Å². The zero-order valence-corrected chi connectivity index (χ0v) is 36.3. The standard InChI is InChI=1S/C25H26S3.C20H15BrS3/c1-3-5-7-9-19-11-17-13-21-20-12-16-10-18(8-6-4-2)26-22(16)14-24(20)28-25(21)15-23(17)27-19;1-2-3-4-13-5-11-6-14-15-7-12-8-20(21)24-17(12)10-19(15)23-18(14)9-16(11)22-13/h10-15H,3-9H2,1-2H3;5-10H,2-4H2,1H3. The predicted octanol–water partition coefficient (Wildman–Crippen LogP) is 18.1. The van der Waals surface area contributed by atoms with Crippen molar-refractivity contribution in [2.75, 3.05) is 0 Å². The zero-order chi connectivity index (χ0) is 35.3. The Morgan fingerprint density at radius 2 is 0.692 bits per heavy atom. The van der Waals surface area contributed by atoms with Gasteiger partial charge >= 0.3 is 0 Å². The third-order valence-corrected chi connectivity index (χ3v) is 17.5. The molecule has 4 aromatic carbocycles. The van der Waals surface area contributed by atoms with E-state index in [0.29, 0.717) is 0 Å². The second-order valence-electron chi connectivity index (χ2n) is 14.1. The van der Waals surface area contributed by atoms with Gasteiger partial charge in [0, 0.05) is 73.8 Å². The number of hydrogen-bond acceptors (Lipinski definition) is 6. The van der Waals surface area contributed by atoms with E-state index in [0.717, 1.165) is 0 Å². The lowest BCUT2D eigenvalue weighted by molar-refractivity contribution is 0.723. The van der Waals surface area contributed by atoms with Crippen molar-refractivity contribution in [3.8, 4) is 0 Å². The monoisotopic (exact) mass is 852 g/mol. The maximum Gasteiger partial charge on any atom is 0.0711 e. The van der Waals surface area contributed by atoms with Gasteiger partial charge in [0.15, 0.2) is 0 Å². The minimum atomic E-state index is 1.21. The summed E-state index contributed by atoms with van der Waals surface area (Å²) in [5.74, 6) is 0. The molecule has 52 heavy (non-hydrogen) atoms. The first kappa shape index (κ1) is 35.3. The minimum absolute atomic E-state index is 1.21. The minimum Gasteiger partial charge on any atom is -0.140 e. The molecule has 0 fully saturated rings. The lowest BCUT2D eigenvalue weighted by Crippen LogP contribution is -1.78. The molecule has 6 aromatic heterocycles. The van der Waals surface area contributed by atoms with Crippen LogP contribution in [0, 0.1) is 0 Å². The fourth-order valence-corrected chi connectivity index (χ4v) is 15.0. The molecule has 0 spiro atoms. The van der Waals surface area contributed by atoms with Crippen LogP contribution < -0.4 is 0 Å². The molecule has 264 valence electrons. The van der Waals surface area contributed by atoms with Crippen molar-refractivity contribution < 1.29 is 0 Å². The van der Waals surface area contributed by atoms with Gasteiger partial charge in [-0.1, -0.05) is 46.5 Å². The Morgan fingerprint density at radius 1 is 0.346 bits per heavy atom. The molecule has 6 heterocycles. The Labute approximate surface area is 337 Å². The summed E-state index contributed by atoms with van der Waals surface area (Å²) in [6.07, 6.45) is 12.7. The second-order valence-corrected chi connectivity index (χ2v) is 22.2. The van der Waals surface area contributed by atoms with Gasteiger partial charge in [0.1, 0.15) is 0 Å². The van der Waals surface area contributed by atoms with E-state index in [1.54, 1.807) is 4.88 Å². The molecule has 0 atom stereocenters. The summed E-state index contributed by atoms with van der Waals surface area (Å²) < 4.78 is 12.6. The summed E-state index contributed by atoms with van der Waals surface area (Å²) >= 11 is 15.3. The van der Waals surface area contributed by atoms with Crippen LogP contribution in [0.15, 0.2) is 76.6 Å². The molecule has 0 radical (unpaired) electrons. The third-order valence-electron chi connectivity index (χ3n) is 10.2. The van der Waals surface area contributed by atoms with Crippen molar-refractivity contribution in [3.05, 3.63) is 91.2 Å². The number of fused-ring (bicyclic) bond motifs is 10. The fraction of sp³-hybridized carbons (Fsp3) is 0.289. The topological polar surface area (TPSA) is 0 Å². The Kier molecular flexibility index (Phi) is 10.2. The van der Waals surface area contributed by atoms with Crippen LogP contribution in [-0.2, 0) is 19.3 Å². The van der Waals surface area contributed by atoms with Gasteiger partial charge in [-0.05, 0) is 149 Å². The molecule has 0 unspecified atom stereocenters. The number of hydrogen-bond donors (Lipinski definition) is 0. The smallest absolute Gasteiger partial charge is 0.0711 e. The first-order valence-corrected chi connectivity index (χ1v) is 24.4.